The average molecular weight is 384 g/mol. The van der Waals surface area contributed by atoms with Crippen molar-refractivity contribution in [2.75, 3.05) is 19.6 Å². The molecule has 1 N–H and O–H groups in total. The zero-order valence-corrected chi connectivity index (χ0v) is 16.2. The molecule has 0 aliphatic carbocycles. The van der Waals surface area contributed by atoms with Crippen molar-refractivity contribution in [1.29, 1.82) is 0 Å². The monoisotopic (exact) mass is 383 g/mol. The number of fused-ring (bicyclic) bond motifs is 1. The van der Waals surface area contributed by atoms with Gasteiger partial charge in [-0.3, -0.25) is 14.3 Å². The summed E-state index contributed by atoms with van der Waals surface area (Å²) in [6.07, 6.45) is 1.98. The first kappa shape index (κ1) is 18.6. The van der Waals surface area contributed by atoms with Gasteiger partial charge in [0.1, 0.15) is 5.82 Å². The number of piperidine rings is 1. The Labute approximate surface area is 157 Å². The van der Waals surface area contributed by atoms with Crippen LogP contribution in [0.4, 0.5) is 0 Å². The maximum Gasteiger partial charge on any atom is 0.261 e. The maximum absolute atomic E-state index is 12.7. The lowest BCUT2D eigenvalue weighted by Crippen LogP contribution is -2.44. The maximum atomic E-state index is 12.7. The molecule has 7 heteroatoms. The van der Waals surface area contributed by atoms with E-state index in [4.69, 9.17) is 28.2 Å². The summed E-state index contributed by atoms with van der Waals surface area (Å²) in [7, 11) is 1.75. The summed E-state index contributed by atoms with van der Waals surface area (Å²) < 4.78 is 1.62. The lowest BCUT2D eigenvalue weighted by Gasteiger charge is -2.36. The van der Waals surface area contributed by atoms with E-state index in [1.165, 1.54) is 0 Å². The summed E-state index contributed by atoms with van der Waals surface area (Å²) in [4.78, 5) is 19.7. The molecule has 1 saturated heterocycles. The van der Waals surface area contributed by atoms with Crippen molar-refractivity contribution in [3.05, 3.63) is 38.4 Å². The number of nitrogens with zero attached hydrogens (tertiary/aromatic N) is 3. The highest BCUT2D eigenvalue weighted by Gasteiger charge is 2.28. The van der Waals surface area contributed by atoms with E-state index in [0.29, 0.717) is 27.5 Å². The largest absolute Gasteiger partial charge is 0.389 e. The van der Waals surface area contributed by atoms with Gasteiger partial charge in [0, 0.05) is 26.1 Å². The van der Waals surface area contributed by atoms with Gasteiger partial charge in [-0.1, -0.05) is 23.2 Å². The third kappa shape index (κ3) is 4.00. The predicted octanol–water partition coefficient (Wildman–Crippen LogP) is 3.19. The summed E-state index contributed by atoms with van der Waals surface area (Å²) in [6, 6.07) is 3.24. The summed E-state index contributed by atoms with van der Waals surface area (Å²) in [5.74, 6) is 0.906. The second-order valence-corrected chi connectivity index (χ2v) is 8.32. The van der Waals surface area contributed by atoms with Crippen LogP contribution in [0.1, 0.15) is 38.4 Å². The summed E-state index contributed by atoms with van der Waals surface area (Å²) in [6.45, 7) is 5.95. The second kappa shape index (κ2) is 6.88. The number of aliphatic hydroxyl groups is 1. The van der Waals surface area contributed by atoms with Gasteiger partial charge in [-0.05, 0) is 45.4 Å². The van der Waals surface area contributed by atoms with Gasteiger partial charge in [-0.2, -0.15) is 0 Å². The summed E-state index contributed by atoms with van der Waals surface area (Å²) in [5, 5.41) is 11.3. The highest BCUT2D eigenvalue weighted by molar-refractivity contribution is 6.42. The van der Waals surface area contributed by atoms with Crippen LogP contribution in [0.2, 0.25) is 10.0 Å². The zero-order valence-electron chi connectivity index (χ0n) is 14.7. The minimum absolute atomic E-state index is 0.113. The Morgan fingerprint density at radius 3 is 2.68 bits per heavy atom. The molecule has 2 heterocycles. The van der Waals surface area contributed by atoms with Crippen LogP contribution in [-0.2, 0) is 7.05 Å². The molecule has 0 bridgehead atoms. The highest BCUT2D eigenvalue weighted by Crippen LogP contribution is 2.29. The quantitative estimate of drug-likeness (QED) is 0.883. The fourth-order valence-corrected chi connectivity index (χ4v) is 3.93. The van der Waals surface area contributed by atoms with Crippen molar-refractivity contribution in [3.8, 4) is 0 Å². The van der Waals surface area contributed by atoms with Crippen LogP contribution in [0.5, 0.6) is 0 Å². The SMILES string of the molecule is Cn1c([C@@H]2CCCN(CC(C)(C)O)C2)nc2cc(Cl)c(Cl)cc2c1=O. The van der Waals surface area contributed by atoms with Gasteiger partial charge in [-0.25, -0.2) is 4.98 Å². The fourth-order valence-electron chi connectivity index (χ4n) is 3.61. The van der Waals surface area contributed by atoms with Crippen molar-refractivity contribution in [2.45, 2.75) is 38.2 Å². The van der Waals surface area contributed by atoms with Crippen LogP contribution in [0.15, 0.2) is 16.9 Å². The Morgan fingerprint density at radius 2 is 2.00 bits per heavy atom. The van der Waals surface area contributed by atoms with Gasteiger partial charge >= 0.3 is 0 Å². The van der Waals surface area contributed by atoms with E-state index in [2.05, 4.69) is 4.90 Å². The number of benzene rings is 1. The van der Waals surface area contributed by atoms with Gasteiger partial charge in [0.15, 0.2) is 0 Å². The predicted molar refractivity (Wildman–Crippen MR) is 102 cm³/mol. The second-order valence-electron chi connectivity index (χ2n) is 7.50. The molecule has 1 aromatic carbocycles. The molecular weight excluding hydrogens is 361 g/mol. The highest BCUT2D eigenvalue weighted by atomic mass is 35.5. The Hall–Kier alpha value is -1.14. The number of likely N-dealkylation sites (tertiary alicyclic amines) is 1. The number of β-amino-alcohol motifs (C(OH)–C–C–N with tert-alkyl or cyclic N) is 1. The Balaban J connectivity index is 1.99. The molecule has 0 radical (unpaired) electrons. The van der Waals surface area contributed by atoms with Crippen molar-refractivity contribution in [3.63, 3.8) is 0 Å². The molecule has 1 atom stereocenters. The van der Waals surface area contributed by atoms with Gasteiger partial charge in [-0.15, -0.1) is 0 Å². The third-order valence-corrected chi connectivity index (χ3v) is 5.36. The van der Waals surface area contributed by atoms with Crippen molar-refractivity contribution in [2.24, 2.45) is 7.05 Å². The molecule has 2 aromatic rings. The minimum atomic E-state index is -0.741. The molecule has 1 aliphatic rings. The molecule has 1 aromatic heterocycles. The standard InChI is InChI=1S/C18H23Cl2N3O2/c1-18(2,25)10-23-6-4-5-11(9-23)16-21-15-8-14(20)13(19)7-12(15)17(24)22(16)3/h7-8,11,25H,4-6,9-10H2,1-3H3/t11-/m1/s1. The van der Waals surface area contributed by atoms with Crippen LogP contribution in [0.25, 0.3) is 10.9 Å². The van der Waals surface area contributed by atoms with E-state index in [0.717, 1.165) is 31.8 Å². The first-order chi connectivity index (χ1) is 11.7. The lowest BCUT2D eigenvalue weighted by molar-refractivity contribution is 0.0265. The van der Waals surface area contributed by atoms with Crippen LogP contribution in [0.3, 0.4) is 0 Å². The molecule has 1 aliphatic heterocycles. The number of aromatic nitrogens is 2. The molecule has 1 fully saturated rings. The van der Waals surface area contributed by atoms with E-state index in [1.54, 1.807) is 23.7 Å². The Bertz CT molecular complexity index is 858. The number of halogens is 2. The Morgan fingerprint density at radius 1 is 1.32 bits per heavy atom. The van der Waals surface area contributed by atoms with E-state index < -0.39 is 5.60 Å². The molecule has 136 valence electrons. The number of rotatable bonds is 3. The molecular formula is C18H23Cl2N3O2. The van der Waals surface area contributed by atoms with Gasteiger partial charge in [0.2, 0.25) is 0 Å². The van der Waals surface area contributed by atoms with Crippen LogP contribution in [-0.4, -0.2) is 44.8 Å². The Kier molecular flexibility index (Phi) is 5.13. The number of hydrogen-bond donors (Lipinski definition) is 1. The van der Waals surface area contributed by atoms with Crippen LogP contribution in [0, 0.1) is 0 Å². The first-order valence-corrected chi connectivity index (χ1v) is 9.22. The third-order valence-electron chi connectivity index (χ3n) is 4.63. The normalized spacial score (nSPS) is 19.5. The average Bonchev–Trinajstić information content (AvgIpc) is 2.51. The minimum Gasteiger partial charge on any atom is -0.389 e. The topological polar surface area (TPSA) is 58.4 Å². The fraction of sp³-hybridized carbons (Fsp3) is 0.556. The molecule has 0 spiro atoms. The van der Waals surface area contributed by atoms with Gasteiger partial charge < -0.3 is 5.11 Å². The molecule has 3 rings (SSSR count). The van der Waals surface area contributed by atoms with Gasteiger partial charge in [0.05, 0.1) is 26.5 Å². The molecule has 0 amide bonds. The van der Waals surface area contributed by atoms with E-state index in [9.17, 15) is 9.90 Å². The van der Waals surface area contributed by atoms with Crippen molar-refractivity contribution >= 4 is 34.1 Å². The van der Waals surface area contributed by atoms with E-state index in [1.807, 2.05) is 13.8 Å². The van der Waals surface area contributed by atoms with E-state index in [-0.39, 0.29) is 11.5 Å². The first-order valence-electron chi connectivity index (χ1n) is 8.46. The van der Waals surface area contributed by atoms with Crippen LogP contribution >= 0.6 is 23.2 Å². The lowest BCUT2D eigenvalue weighted by atomic mass is 9.95. The van der Waals surface area contributed by atoms with Crippen LogP contribution < -0.4 is 5.56 Å². The van der Waals surface area contributed by atoms with Crippen molar-refractivity contribution in [1.82, 2.24) is 14.5 Å². The molecule has 5 nitrogen and oxygen atoms in total. The zero-order chi connectivity index (χ0) is 18.4. The summed E-state index contributed by atoms with van der Waals surface area (Å²) >= 11 is 12.1. The molecule has 0 saturated carbocycles. The summed E-state index contributed by atoms with van der Waals surface area (Å²) in [5.41, 5.74) is -0.278. The van der Waals surface area contributed by atoms with Gasteiger partial charge in [0.25, 0.3) is 5.56 Å². The smallest absolute Gasteiger partial charge is 0.261 e. The molecule has 25 heavy (non-hydrogen) atoms. The van der Waals surface area contributed by atoms with Crippen molar-refractivity contribution < 1.29 is 5.11 Å². The molecule has 0 unspecified atom stereocenters. The number of hydrogen-bond acceptors (Lipinski definition) is 4. The van der Waals surface area contributed by atoms with E-state index >= 15 is 0 Å².